The molecule has 0 saturated carbocycles. The molecule has 5 heterocycles. The minimum Gasteiger partial charge on any atom is -0.507 e. The first-order valence-corrected chi connectivity index (χ1v) is 29.3. The van der Waals surface area contributed by atoms with Crippen LogP contribution in [0.5, 0.6) is 17.2 Å². The Kier molecular flexibility index (Phi) is 21.8. The largest absolute Gasteiger partial charge is 0.507 e. The number of nitrogens with zero attached hydrogens (tertiary/aromatic N) is 1. The van der Waals surface area contributed by atoms with Gasteiger partial charge in [-0.2, -0.15) is 0 Å². The van der Waals surface area contributed by atoms with Gasteiger partial charge in [-0.3, -0.25) is 19.2 Å². The highest BCUT2D eigenvalue weighted by atomic mass is 16.7. The number of esters is 2. The molecule has 5 saturated heterocycles. The number of aromatic hydroxyl groups is 2. The molecule has 7 N–H and O–H groups in total. The Labute approximate surface area is 494 Å². The fraction of sp³-hybridized carbons (Fsp3) is 0.763. The number of hydrogen-bond donors (Lipinski definition) is 7. The van der Waals surface area contributed by atoms with E-state index in [4.69, 9.17) is 66.3 Å². The second-order valence-corrected chi connectivity index (χ2v) is 24.2. The van der Waals surface area contributed by atoms with Crippen LogP contribution in [0.25, 0.3) is 10.8 Å². The third-order valence-corrected chi connectivity index (χ3v) is 16.7. The van der Waals surface area contributed by atoms with Crippen LogP contribution in [0.4, 0.5) is 0 Å². The number of methoxy groups -OCH3 is 2. The SMILES string of the molecule is CO[C@@H]1[C@H](O)C[C@@H](O[C@@H]2C[C@@H](Oc3cc(O)c4c(O)c5c(cc4c3)C[C@@H]([C@H](OC)C(=O)NCCN(C)C)[C@H](O[C@H]3C[C@@H](O[C@H]4C[C@@H](O[C@H]6C[C@](C)(O)[C@@H](OC(=O)C(C)C)[C@H](C)O6)[C@H](O)[C@@H](C)O4)[C@H](O)[C@@H](C)O3)C5=O)O[C@H](C)[C@@H]2OC(C)=O)O[C@@H]1C. The number of hydrogen-bond acceptors (Lipinski definition) is 25. The number of amides is 1. The summed E-state index contributed by atoms with van der Waals surface area (Å²) in [7, 11) is 6.50. The lowest BCUT2D eigenvalue weighted by Crippen LogP contribution is -2.59. The molecule has 0 spiro atoms. The third kappa shape index (κ3) is 15.3. The van der Waals surface area contributed by atoms with Gasteiger partial charge >= 0.3 is 11.9 Å². The summed E-state index contributed by atoms with van der Waals surface area (Å²) < 4.78 is 85.0. The van der Waals surface area contributed by atoms with Crippen molar-refractivity contribution >= 4 is 34.4 Å². The molecular formula is C59H88N2O24. The summed E-state index contributed by atoms with van der Waals surface area (Å²) in [6, 6.07) is 4.39. The molecule has 1 amide bonds. The Balaban J connectivity index is 1.01. The van der Waals surface area contributed by atoms with Crippen molar-refractivity contribution in [3.63, 3.8) is 0 Å². The molecule has 23 atom stereocenters. The van der Waals surface area contributed by atoms with Gasteiger partial charge < -0.3 is 107 Å². The van der Waals surface area contributed by atoms with E-state index >= 15 is 4.79 Å². The molecule has 478 valence electrons. The van der Waals surface area contributed by atoms with E-state index in [0.717, 1.165) is 0 Å². The van der Waals surface area contributed by atoms with Crippen molar-refractivity contribution in [1.29, 1.82) is 0 Å². The van der Waals surface area contributed by atoms with Crippen molar-refractivity contribution in [1.82, 2.24) is 10.2 Å². The van der Waals surface area contributed by atoms with Crippen molar-refractivity contribution in [2.75, 3.05) is 41.4 Å². The van der Waals surface area contributed by atoms with Crippen molar-refractivity contribution in [3.8, 4) is 17.2 Å². The normalized spacial score (nSPS) is 38.4. The van der Waals surface area contributed by atoms with Gasteiger partial charge in [0.2, 0.25) is 12.2 Å². The topological polar surface area (TPSA) is 334 Å². The Morgan fingerprint density at radius 1 is 0.741 bits per heavy atom. The lowest BCUT2D eigenvalue weighted by atomic mass is 9.76. The second kappa shape index (κ2) is 27.9. The van der Waals surface area contributed by atoms with Gasteiger partial charge in [-0.15, -0.1) is 0 Å². The van der Waals surface area contributed by atoms with Gasteiger partial charge in [-0.1, -0.05) is 13.8 Å². The highest BCUT2D eigenvalue weighted by Gasteiger charge is 2.52. The van der Waals surface area contributed by atoms with Crippen LogP contribution in [-0.4, -0.2) is 235 Å². The molecule has 8 rings (SSSR count). The van der Waals surface area contributed by atoms with Gasteiger partial charge in [-0.05, 0) is 85.1 Å². The maximum atomic E-state index is 15.2. The number of aliphatic hydroxyl groups excluding tert-OH is 3. The van der Waals surface area contributed by atoms with Crippen LogP contribution in [0.15, 0.2) is 18.2 Å². The average Bonchev–Trinajstić information content (AvgIpc) is 1.37. The molecule has 6 aliphatic rings. The van der Waals surface area contributed by atoms with Gasteiger partial charge in [0.25, 0.3) is 0 Å². The Morgan fingerprint density at radius 3 is 1.89 bits per heavy atom. The van der Waals surface area contributed by atoms with Crippen LogP contribution >= 0.6 is 0 Å². The van der Waals surface area contributed by atoms with Crippen LogP contribution in [0.2, 0.25) is 0 Å². The molecule has 0 aromatic heterocycles. The summed E-state index contributed by atoms with van der Waals surface area (Å²) in [4.78, 5) is 55.9. The number of carbonyl (C=O) groups is 4. The first-order valence-electron chi connectivity index (χ1n) is 29.3. The Bertz CT molecular complexity index is 2630. The zero-order chi connectivity index (χ0) is 62.1. The molecule has 1 aliphatic carbocycles. The number of fused-ring (bicyclic) bond motifs is 2. The van der Waals surface area contributed by atoms with Gasteiger partial charge in [0.05, 0.1) is 65.7 Å². The molecule has 26 heteroatoms. The van der Waals surface area contributed by atoms with Crippen LogP contribution in [0, 0.1) is 11.8 Å². The van der Waals surface area contributed by atoms with E-state index < -0.39 is 182 Å². The fourth-order valence-electron chi connectivity index (χ4n) is 12.4. The standard InChI is InChI=1S/C59H88N2O24/c1-25(2)58(70)85-56-30(7)78-45(24-59(56,9)71)82-39-21-43(74-26(3)49(39)66)81-38-22-44(75-27(4)48(38)65)84-54-35(55(73-13)57(69)60-14-15-61(10)11)18-33-16-32-17-34(19-36(63)46(32)50(67)47(33)51(54)68)80-42-23-40(53(29(6)77-42)79-31(8)62)83-41-20-37(64)52(72-12)28(5)76-41/h16-17,19,25-30,35,37-45,48-49,52-56,63-67,71H,14-15,18,20-24H2,1-13H3,(H,60,69)/t26-,27-,28-,29-,30+,35-,37-,38-,39-,40-,41-,42-,43+,44+,45+,48-,49-,52+,53+,54+,55+,56+,59+/m1/s1. The zero-order valence-electron chi connectivity index (χ0n) is 50.6. The van der Waals surface area contributed by atoms with Crippen LogP contribution in [0.1, 0.15) is 110 Å². The number of ether oxygens (including phenoxy) is 14. The Morgan fingerprint density at radius 2 is 1.31 bits per heavy atom. The lowest BCUT2D eigenvalue weighted by Gasteiger charge is -2.47. The number of carbonyl (C=O) groups excluding carboxylic acids is 4. The van der Waals surface area contributed by atoms with E-state index in [0.29, 0.717) is 12.1 Å². The average molecular weight is 1210 g/mol. The van der Waals surface area contributed by atoms with E-state index in [2.05, 4.69) is 5.32 Å². The maximum absolute atomic E-state index is 15.2. The molecule has 26 nitrogen and oxygen atoms in total. The molecule has 5 aliphatic heterocycles. The molecule has 5 fully saturated rings. The third-order valence-electron chi connectivity index (χ3n) is 16.7. The number of phenols is 2. The minimum absolute atomic E-state index is 0.00708. The van der Waals surface area contributed by atoms with E-state index in [-0.39, 0.29) is 67.2 Å². The first-order chi connectivity index (χ1) is 40.1. The first kappa shape index (κ1) is 66.5. The number of rotatable bonds is 20. The zero-order valence-corrected chi connectivity index (χ0v) is 50.6. The number of aliphatic hydroxyl groups is 4. The number of ketones is 1. The molecule has 2 aromatic rings. The van der Waals surface area contributed by atoms with Crippen molar-refractivity contribution in [2.24, 2.45) is 11.8 Å². The monoisotopic (exact) mass is 1210 g/mol. The molecule has 0 unspecified atom stereocenters. The number of benzene rings is 2. The summed E-state index contributed by atoms with van der Waals surface area (Å²) in [6.45, 7) is 15.2. The summed E-state index contributed by atoms with van der Waals surface area (Å²) in [5.74, 6) is -4.78. The van der Waals surface area contributed by atoms with Crippen LogP contribution in [-0.2, 0) is 82.4 Å². The molecule has 0 radical (unpaired) electrons. The summed E-state index contributed by atoms with van der Waals surface area (Å²) in [5, 5.41) is 71.9. The highest BCUT2D eigenvalue weighted by Crippen LogP contribution is 2.46. The van der Waals surface area contributed by atoms with Crippen LogP contribution in [0.3, 0.4) is 0 Å². The number of phenolic OH excluding ortho intramolecular Hbond substituents is 2. The lowest BCUT2D eigenvalue weighted by molar-refractivity contribution is -0.334. The summed E-state index contributed by atoms with van der Waals surface area (Å²) in [5.41, 5.74) is -1.43. The van der Waals surface area contributed by atoms with Gasteiger partial charge in [0, 0.05) is 78.3 Å². The van der Waals surface area contributed by atoms with Crippen molar-refractivity contribution < 1.29 is 116 Å². The molecule has 2 aromatic carbocycles. The Hall–Kier alpha value is -4.46. The fourth-order valence-corrected chi connectivity index (χ4v) is 12.4. The van der Waals surface area contributed by atoms with E-state index in [1.165, 1.54) is 34.1 Å². The number of likely N-dealkylation sites (N-methyl/N-ethyl adjacent to an activating group) is 1. The number of Topliss-reactive ketones (excluding diaryl/α,β-unsaturated/α-hetero) is 1. The van der Waals surface area contributed by atoms with Gasteiger partial charge in [-0.25, -0.2) is 0 Å². The summed E-state index contributed by atoms with van der Waals surface area (Å²) in [6.07, 6.45) is -20.9. The predicted molar refractivity (Wildman–Crippen MR) is 296 cm³/mol. The van der Waals surface area contributed by atoms with E-state index in [9.17, 15) is 45.0 Å². The van der Waals surface area contributed by atoms with E-state index in [1.54, 1.807) is 60.6 Å². The number of nitrogens with one attached hydrogen (secondary N) is 1. The minimum atomic E-state index is -1.54. The predicted octanol–water partition coefficient (Wildman–Crippen LogP) is 2.24. The molecule has 0 bridgehead atoms. The second-order valence-electron chi connectivity index (χ2n) is 24.2. The van der Waals surface area contributed by atoms with Gasteiger partial charge in [0.15, 0.2) is 43.2 Å². The smallest absolute Gasteiger partial charge is 0.308 e. The van der Waals surface area contributed by atoms with Gasteiger partial charge in [0.1, 0.15) is 59.5 Å². The summed E-state index contributed by atoms with van der Waals surface area (Å²) >= 11 is 0. The maximum Gasteiger partial charge on any atom is 0.308 e. The van der Waals surface area contributed by atoms with Crippen molar-refractivity contribution in [2.45, 2.75) is 236 Å². The van der Waals surface area contributed by atoms with Crippen molar-refractivity contribution in [3.05, 3.63) is 29.3 Å². The molecular weight excluding hydrogens is 1120 g/mol. The highest BCUT2D eigenvalue weighted by molar-refractivity contribution is 6.11. The quantitative estimate of drug-likeness (QED) is 0.0935. The van der Waals surface area contributed by atoms with E-state index in [1.807, 2.05) is 19.0 Å². The van der Waals surface area contributed by atoms with Crippen LogP contribution < -0.4 is 10.1 Å². The molecule has 85 heavy (non-hydrogen) atoms.